The van der Waals surface area contributed by atoms with Crippen molar-refractivity contribution in [2.45, 2.75) is 6.04 Å². The Morgan fingerprint density at radius 3 is 2.58 bits per heavy atom. The molecule has 0 bridgehead atoms. The van der Waals surface area contributed by atoms with E-state index in [1.54, 1.807) is 0 Å². The first-order chi connectivity index (χ1) is 9.16. The number of carbonyl (C=O) groups is 1. The van der Waals surface area contributed by atoms with E-state index in [1.807, 2.05) is 30.3 Å². The number of nitrogens with two attached hydrogens (primary N) is 1. The van der Waals surface area contributed by atoms with Crippen LogP contribution < -0.4 is 16.7 Å². The van der Waals surface area contributed by atoms with E-state index in [4.69, 9.17) is 5.73 Å². The second-order valence-corrected chi connectivity index (χ2v) is 4.07. The minimum absolute atomic E-state index is 0.277. The van der Waals surface area contributed by atoms with Gasteiger partial charge < -0.3 is 15.5 Å². The van der Waals surface area contributed by atoms with E-state index < -0.39 is 5.63 Å². The summed E-state index contributed by atoms with van der Waals surface area (Å²) in [7, 11) is 0. The second kappa shape index (κ2) is 5.97. The molecule has 0 spiro atoms. The SMILES string of the molecule is NC(CNC(=O)c1ccc(=O)oc1)c1ccccc1. The highest BCUT2D eigenvalue weighted by Gasteiger charge is 2.09. The summed E-state index contributed by atoms with van der Waals surface area (Å²) in [6.07, 6.45) is 1.13. The molecular formula is C14H14N2O3. The van der Waals surface area contributed by atoms with Crippen LogP contribution in [0, 0.1) is 0 Å². The molecule has 1 aromatic heterocycles. The van der Waals surface area contributed by atoms with Crippen LogP contribution in [0.2, 0.25) is 0 Å². The third kappa shape index (κ3) is 3.53. The summed E-state index contributed by atoms with van der Waals surface area (Å²) in [5.74, 6) is -0.324. The molecule has 1 unspecified atom stereocenters. The minimum atomic E-state index is -0.488. The molecule has 1 atom stereocenters. The summed E-state index contributed by atoms with van der Waals surface area (Å²) < 4.78 is 4.62. The Morgan fingerprint density at radius 2 is 1.95 bits per heavy atom. The predicted molar refractivity (Wildman–Crippen MR) is 70.7 cm³/mol. The molecule has 5 heteroatoms. The summed E-state index contributed by atoms with van der Waals surface area (Å²) in [5, 5.41) is 2.69. The van der Waals surface area contributed by atoms with E-state index in [-0.39, 0.29) is 11.9 Å². The second-order valence-electron chi connectivity index (χ2n) is 4.07. The van der Waals surface area contributed by atoms with Gasteiger partial charge in [0.15, 0.2) is 0 Å². The zero-order chi connectivity index (χ0) is 13.7. The highest BCUT2D eigenvalue weighted by Crippen LogP contribution is 2.08. The molecular weight excluding hydrogens is 244 g/mol. The lowest BCUT2D eigenvalue weighted by Gasteiger charge is -2.12. The zero-order valence-electron chi connectivity index (χ0n) is 10.2. The highest BCUT2D eigenvalue weighted by atomic mass is 16.4. The van der Waals surface area contributed by atoms with Crippen LogP contribution in [0.25, 0.3) is 0 Å². The molecule has 1 amide bonds. The van der Waals surface area contributed by atoms with E-state index >= 15 is 0 Å². The van der Waals surface area contributed by atoms with Crippen molar-refractivity contribution >= 4 is 5.91 Å². The monoisotopic (exact) mass is 258 g/mol. The molecule has 98 valence electrons. The van der Waals surface area contributed by atoms with Crippen LogP contribution in [-0.2, 0) is 0 Å². The van der Waals surface area contributed by atoms with Crippen LogP contribution in [0.1, 0.15) is 22.0 Å². The molecule has 0 aliphatic rings. The van der Waals surface area contributed by atoms with Crippen molar-refractivity contribution in [3.63, 3.8) is 0 Å². The maximum atomic E-state index is 11.8. The smallest absolute Gasteiger partial charge is 0.335 e. The number of rotatable bonds is 4. The van der Waals surface area contributed by atoms with Gasteiger partial charge in [0.05, 0.1) is 5.56 Å². The Hall–Kier alpha value is -2.40. The van der Waals surface area contributed by atoms with E-state index in [0.717, 1.165) is 11.8 Å². The van der Waals surface area contributed by atoms with Crippen LogP contribution in [0.5, 0.6) is 0 Å². The number of hydrogen-bond donors (Lipinski definition) is 2. The Kier molecular flexibility index (Phi) is 4.10. The average Bonchev–Trinajstić information content (AvgIpc) is 2.46. The molecule has 0 radical (unpaired) electrons. The van der Waals surface area contributed by atoms with Gasteiger partial charge >= 0.3 is 5.63 Å². The molecule has 3 N–H and O–H groups in total. The van der Waals surface area contributed by atoms with Crippen LogP contribution in [0.15, 0.2) is 57.9 Å². The van der Waals surface area contributed by atoms with Crippen molar-refractivity contribution in [3.05, 3.63) is 70.3 Å². The van der Waals surface area contributed by atoms with E-state index in [1.165, 1.54) is 12.1 Å². The lowest BCUT2D eigenvalue weighted by Crippen LogP contribution is -2.32. The Bertz CT molecular complexity index is 587. The van der Waals surface area contributed by atoms with Gasteiger partial charge in [0, 0.05) is 18.7 Å². The van der Waals surface area contributed by atoms with Crippen molar-refractivity contribution in [2.75, 3.05) is 6.54 Å². The number of nitrogens with one attached hydrogen (secondary N) is 1. The van der Waals surface area contributed by atoms with E-state index in [2.05, 4.69) is 9.73 Å². The summed E-state index contributed by atoms with van der Waals surface area (Å²) in [6.45, 7) is 0.308. The quantitative estimate of drug-likeness (QED) is 0.859. The van der Waals surface area contributed by atoms with Gasteiger partial charge in [0.2, 0.25) is 0 Å². The third-order valence-corrected chi connectivity index (χ3v) is 2.67. The van der Waals surface area contributed by atoms with Crippen LogP contribution in [-0.4, -0.2) is 12.5 Å². The van der Waals surface area contributed by atoms with Crippen molar-refractivity contribution < 1.29 is 9.21 Å². The van der Waals surface area contributed by atoms with Gasteiger partial charge in [-0.3, -0.25) is 4.79 Å². The summed E-state index contributed by atoms with van der Waals surface area (Å²) in [6, 6.07) is 11.8. The standard InChI is InChI=1S/C14H14N2O3/c15-12(10-4-2-1-3-5-10)8-16-14(18)11-6-7-13(17)19-9-11/h1-7,9,12H,8,15H2,(H,16,18). The average molecular weight is 258 g/mol. The van der Waals surface area contributed by atoms with Gasteiger partial charge in [-0.1, -0.05) is 30.3 Å². The summed E-state index contributed by atoms with van der Waals surface area (Å²) in [4.78, 5) is 22.5. The number of carbonyl (C=O) groups excluding carboxylic acids is 1. The maximum absolute atomic E-state index is 11.8. The lowest BCUT2D eigenvalue weighted by atomic mass is 10.1. The van der Waals surface area contributed by atoms with Crippen LogP contribution in [0.3, 0.4) is 0 Å². The first-order valence-electron chi connectivity index (χ1n) is 5.84. The van der Waals surface area contributed by atoms with Gasteiger partial charge in [-0.05, 0) is 11.6 Å². The Labute approximate surface area is 110 Å². The minimum Gasteiger partial charge on any atom is -0.430 e. The van der Waals surface area contributed by atoms with Crippen molar-refractivity contribution in [1.29, 1.82) is 0 Å². The molecule has 1 aromatic carbocycles. The molecule has 0 saturated carbocycles. The fraction of sp³-hybridized carbons (Fsp3) is 0.143. The Morgan fingerprint density at radius 1 is 1.21 bits per heavy atom. The molecule has 5 nitrogen and oxygen atoms in total. The lowest BCUT2D eigenvalue weighted by molar-refractivity contribution is 0.0949. The molecule has 19 heavy (non-hydrogen) atoms. The van der Waals surface area contributed by atoms with E-state index in [9.17, 15) is 9.59 Å². The van der Waals surface area contributed by atoms with Gasteiger partial charge in [0.1, 0.15) is 6.26 Å². The summed E-state index contributed by atoms with van der Waals surface area (Å²) in [5.41, 5.74) is 6.71. The molecule has 0 fully saturated rings. The predicted octanol–water partition coefficient (Wildman–Crippen LogP) is 1.07. The van der Waals surface area contributed by atoms with Crippen molar-refractivity contribution in [3.8, 4) is 0 Å². The summed E-state index contributed by atoms with van der Waals surface area (Å²) >= 11 is 0. The van der Waals surface area contributed by atoms with Gasteiger partial charge in [-0.25, -0.2) is 4.79 Å². The van der Waals surface area contributed by atoms with Crippen molar-refractivity contribution in [1.82, 2.24) is 5.32 Å². The first kappa shape index (κ1) is 13.0. The fourth-order valence-corrected chi connectivity index (χ4v) is 1.61. The number of amides is 1. The Balaban J connectivity index is 1.94. The van der Waals surface area contributed by atoms with E-state index in [0.29, 0.717) is 12.1 Å². The number of benzene rings is 1. The highest BCUT2D eigenvalue weighted by molar-refractivity contribution is 5.93. The largest absolute Gasteiger partial charge is 0.430 e. The van der Waals surface area contributed by atoms with Gasteiger partial charge in [-0.2, -0.15) is 0 Å². The fourth-order valence-electron chi connectivity index (χ4n) is 1.61. The topological polar surface area (TPSA) is 85.3 Å². The number of hydrogen-bond acceptors (Lipinski definition) is 4. The molecule has 2 rings (SSSR count). The molecule has 0 saturated heterocycles. The molecule has 0 aliphatic carbocycles. The van der Waals surface area contributed by atoms with Crippen LogP contribution >= 0.6 is 0 Å². The first-order valence-corrected chi connectivity index (χ1v) is 5.84. The van der Waals surface area contributed by atoms with Crippen LogP contribution in [0.4, 0.5) is 0 Å². The van der Waals surface area contributed by atoms with Gasteiger partial charge in [0.25, 0.3) is 5.91 Å². The maximum Gasteiger partial charge on any atom is 0.335 e. The van der Waals surface area contributed by atoms with Crippen molar-refractivity contribution in [2.24, 2.45) is 5.73 Å². The van der Waals surface area contributed by atoms with Gasteiger partial charge in [-0.15, -0.1) is 0 Å². The zero-order valence-corrected chi connectivity index (χ0v) is 10.2. The molecule has 2 aromatic rings. The normalized spacial score (nSPS) is 11.8. The third-order valence-electron chi connectivity index (χ3n) is 2.67. The molecule has 1 heterocycles. The molecule has 0 aliphatic heterocycles.